The third-order valence-electron chi connectivity index (χ3n) is 4.84. The molecule has 0 N–H and O–H groups in total. The van der Waals surface area contributed by atoms with Gasteiger partial charge in [0.25, 0.3) is 5.91 Å². The molecule has 1 fully saturated rings. The largest absolute Gasteiger partial charge is 0.338 e. The Balaban J connectivity index is 1.50. The van der Waals surface area contributed by atoms with Gasteiger partial charge in [0.1, 0.15) is 5.82 Å². The van der Waals surface area contributed by atoms with E-state index in [2.05, 4.69) is 19.6 Å². The highest BCUT2D eigenvalue weighted by molar-refractivity contribution is 5.94. The Labute approximate surface area is 152 Å². The Bertz CT molecular complexity index is 897. The molecule has 1 unspecified atom stereocenters. The molecule has 3 aromatic rings. The number of pyridine rings is 1. The summed E-state index contributed by atoms with van der Waals surface area (Å²) in [5.74, 6) is 2.07. The third-order valence-corrected chi connectivity index (χ3v) is 4.84. The summed E-state index contributed by atoms with van der Waals surface area (Å²) in [6.07, 6.45) is 9.25. The lowest BCUT2D eigenvalue weighted by Crippen LogP contribution is -2.39. The SMILES string of the molecule is Cc1cn(C)c(C2CCCN(C(=O)c3ccc(-n4cccn4)nc3)C2)n1. The number of hydrogen-bond donors (Lipinski definition) is 0. The molecule has 7 nitrogen and oxygen atoms in total. The van der Waals surface area contributed by atoms with Crippen LogP contribution in [0, 0.1) is 6.92 Å². The van der Waals surface area contributed by atoms with Crippen LogP contribution in [0.2, 0.25) is 0 Å². The number of amides is 1. The minimum absolute atomic E-state index is 0.0279. The van der Waals surface area contributed by atoms with Crippen molar-refractivity contribution in [1.29, 1.82) is 0 Å². The van der Waals surface area contributed by atoms with Gasteiger partial charge in [0.2, 0.25) is 0 Å². The van der Waals surface area contributed by atoms with Gasteiger partial charge < -0.3 is 9.47 Å². The first-order valence-corrected chi connectivity index (χ1v) is 8.87. The van der Waals surface area contributed by atoms with Crippen molar-refractivity contribution in [3.63, 3.8) is 0 Å². The molecular formula is C19H22N6O. The van der Waals surface area contributed by atoms with Crippen molar-refractivity contribution in [1.82, 2.24) is 29.2 Å². The summed E-state index contributed by atoms with van der Waals surface area (Å²) in [5.41, 5.74) is 1.63. The van der Waals surface area contributed by atoms with E-state index in [0.29, 0.717) is 17.9 Å². The van der Waals surface area contributed by atoms with Gasteiger partial charge in [-0.3, -0.25) is 4.79 Å². The van der Waals surface area contributed by atoms with Crippen molar-refractivity contribution in [2.75, 3.05) is 13.1 Å². The molecule has 134 valence electrons. The molecule has 0 aliphatic carbocycles. The van der Waals surface area contributed by atoms with Gasteiger partial charge in [-0.15, -0.1) is 0 Å². The number of likely N-dealkylation sites (tertiary alicyclic amines) is 1. The van der Waals surface area contributed by atoms with Crippen LogP contribution in [0.4, 0.5) is 0 Å². The van der Waals surface area contributed by atoms with Crippen LogP contribution in [0.3, 0.4) is 0 Å². The number of imidazole rings is 1. The molecule has 0 aromatic carbocycles. The fraction of sp³-hybridized carbons (Fsp3) is 0.368. The van der Waals surface area contributed by atoms with E-state index in [0.717, 1.165) is 30.9 Å². The van der Waals surface area contributed by atoms with Crippen LogP contribution in [0.15, 0.2) is 43.0 Å². The number of aryl methyl sites for hydroxylation is 2. The molecule has 4 heterocycles. The third kappa shape index (κ3) is 3.12. The second-order valence-electron chi connectivity index (χ2n) is 6.80. The smallest absolute Gasteiger partial charge is 0.255 e. The van der Waals surface area contributed by atoms with Crippen LogP contribution in [0.5, 0.6) is 0 Å². The highest BCUT2D eigenvalue weighted by Crippen LogP contribution is 2.27. The van der Waals surface area contributed by atoms with E-state index in [1.807, 2.05) is 49.5 Å². The van der Waals surface area contributed by atoms with Gasteiger partial charge in [-0.1, -0.05) is 0 Å². The minimum atomic E-state index is 0.0279. The molecule has 0 saturated carbocycles. The molecule has 26 heavy (non-hydrogen) atoms. The highest BCUT2D eigenvalue weighted by atomic mass is 16.2. The molecule has 4 rings (SSSR count). The molecule has 1 aliphatic heterocycles. The van der Waals surface area contributed by atoms with E-state index >= 15 is 0 Å². The van der Waals surface area contributed by atoms with Crippen LogP contribution in [-0.2, 0) is 7.05 Å². The fourth-order valence-corrected chi connectivity index (χ4v) is 3.62. The molecule has 7 heteroatoms. The molecule has 0 bridgehead atoms. The summed E-state index contributed by atoms with van der Waals surface area (Å²) in [4.78, 5) is 23.8. The predicted molar refractivity (Wildman–Crippen MR) is 97.2 cm³/mol. The van der Waals surface area contributed by atoms with Gasteiger partial charge in [-0.2, -0.15) is 5.10 Å². The van der Waals surface area contributed by atoms with Crippen LogP contribution >= 0.6 is 0 Å². The van der Waals surface area contributed by atoms with Crippen molar-refractivity contribution >= 4 is 5.91 Å². The minimum Gasteiger partial charge on any atom is -0.338 e. The summed E-state index contributed by atoms with van der Waals surface area (Å²) in [6.45, 7) is 3.48. The van der Waals surface area contributed by atoms with Crippen LogP contribution in [0.1, 0.15) is 40.6 Å². The van der Waals surface area contributed by atoms with Gasteiger partial charge in [-0.05, 0) is 38.0 Å². The second-order valence-corrected chi connectivity index (χ2v) is 6.80. The highest BCUT2D eigenvalue weighted by Gasteiger charge is 2.28. The zero-order valence-electron chi connectivity index (χ0n) is 15.0. The van der Waals surface area contributed by atoms with Crippen LogP contribution < -0.4 is 0 Å². The van der Waals surface area contributed by atoms with E-state index < -0.39 is 0 Å². The summed E-state index contributed by atoms with van der Waals surface area (Å²) in [6, 6.07) is 5.48. The van der Waals surface area contributed by atoms with Crippen molar-refractivity contribution in [3.05, 3.63) is 60.1 Å². The topological polar surface area (TPSA) is 68.8 Å². The summed E-state index contributed by atoms with van der Waals surface area (Å²) >= 11 is 0. The molecule has 3 aromatic heterocycles. The maximum atomic E-state index is 12.9. The van der Waals surface area contributed by atoms with Crippen LogP contribution in [-0.4, -0.2) is 48.2 Å². The average Bonchev–Trinajstić information content (AvgIpc) is 3.31. The number of nitrogens with zero attached hydrogens (tertiary/aromatic N) is 6. The van der Waals surface area contributed by atoms with Gasteiger partial charge >= 0.3 is 0 Å². The van der Waals surface area contributed by atoms with Crippen molar-refractivity contribution in [2.45, 2.75) is 25.7 Å². The second kappa shape index (κ2) is 6.74. The molecular weight excluding hydrogens is 328 g/mol. The van der Waals surface area contributed by atoms with Gasteiger partial charge in [0.15, 0.2) is 5.82 Å². The Morgan fingerprint density at radius 1 is 1.31 bits per heavy atom. The van der Waals surface area contributed by atoms with Gasteiger partial charge in [0, 0.05) is 50.8 Å². The molecule has 1 amide bonds. The zero-order chi connectivity index (χ0) is 18.1. The Kier molecular flexibility index (Phi) is 4.28. The number of rotatable bonds is 3. The maximum Gasteiger partial charge on any atom is 0.255 e. The molecule has 1 saturated heterocycles. The molecule has 1 atom stereocenters. The fourth-order valence-electron chi connectivity index (χ4n) is 3.62. The summed E-state index contributed by atoms with van der Waals surface area (Å²) < 4.78 is 3.75. The average molecular weight is 350 g/mol. The van der Waals surface area contributed by atoms with E-state index in [-0.39, 0.29) is 11.8 Å². The molecule has 1 aliphatic rings. The quantitative estimate of drug-likeness (QED) is 0.727. The Morgan fingerprint density at radius 3 is 2.85 bits per heavy atom. The maximum absolute atomic E-state index is 12.9. The van der Waals surface area contributed by atoms with E-state index in [9.17, 15) is 4.79 Å². The predicted octanol–water partition coefficient (Wildman–Crippen LogP) is 2.33. The van der Waals surface area contributed by atoms with E-state index in [1.54, 1.807) is 17.1 Å². The van der Waals surface area contributed by atoms with E-state index in [1.165, 1.54) is 0 Å². The lowest BCUT2D eigenvalue weighted by atomic mass is 9.96. The normalized spacial score (nSPS) is 17.5. The number of carbonyl (C=O) groups excluding carboxylic acids is 1. The zero-order valence-corrected chi connectivity index (χ0v) is 15.0. The van der Waals surface area contributed by atoms with Crippen molar-refractivity contribution in [2.24, 2.45) is 7.05 Å². The number of carbonyl (C=O) groups is 1. The lowest BCUT2D eigenvalue weighted by Gasteiger charge is -2.32. The number of aromatic nitrogens is 5. The first-order chi connectivity index (χ1) is 12.6. The standard InChI is InChI=1S/C19H22N6O/c1-14-12-23(2)18(22-14)16-5-3-9-24(13-16)19(26)15-6-7-17(20-11-15)25-10-4-8-21-25/h4,6-8,10-12,16H,3,5,9,13H2,1-2H3. The van der Waals surface area contributed by atoms with E-state index in [4.69, 9.17) is 0 Å². The summed E-state index contributed by atoms with van der Waals surface area (Å²) in [7, 11) is 2.02. The number of hydrogen-bond acceptors (Lipinski definition) is 4. The van der Waals surface area contributed by atoms with Gasteiger partial charge in [0.05, 0.1) is 11.3 Å². The van der Waals surface area contributed by atoms with Crippen molar-refractivity contribution < 1.29 is 4.79 Å². The first-order valence-electron chi connectivity index (χ1n) is 8.87. The van der Waals surface area contributed by atoms with Crippen molar-refractivity contribution in [3.8, 4) is 5.82 Å². The molecule has 0 spiro atoms. The summed E-state index contributed by atoms with van der Waals surface area (Å²) in [5, 5.41) is 4.15. The van der Waals surface area contributed by atoms with Gasteiger partial charge in [-0.25, -0.2) is 14.6 Å². The first kappa shape index (κ1) is 16.5. The molecule has 0 radical (unpaired) electrons. The Morgan fingerprint density at radius 2 is 2.19 bits per heavy atom. The lowest BCUT2D eigenvalue weighted by molar-refractivity contribution is 0.0703. The Hall–Kier alpha value is -2.96. The number of piperidine rings is 1. The van der Waals surface area contributed by atoms with Crippen LogP contribution in [0.25, 0.3) is 5.82 Å². The monoisotopic (exact) mass is 350 g/mol.